The highest BCUT2D eigenvalue weighted by Gasteiger charge is 1.99. The van der Waals surface area contributed by atoms with Gasteiger partial charge in [-0.15, -0.1) is 0 Å². The zero-order valence-corrected chi connectivity index (χ0v) is 14.3. The van der Waals surface area contributed by atoms with Crippen LogP contribution in [0.4, 0.5) is 0 Å². The van der Waals surface area contributed by atoms with Crippen LogP contribution in [-0.2, 0) is 13.1 Å². The van der Waals surface area contributed by atoms with Crippen LogP contribution in [0.3, 0.4) is 0 Å². The largest absolute Gasteiger partial charge is 0.309 e. The van der Waals surface area contributed by atoms with Crippen molar-refractivity contribution in [2.24, 2.45) is 0 Å². The third-order valence-corrected chi connectivity index (χ3v) is 4.96. The molecule has 0 bridgehead atoms. The fraction of sp³-hybridized carbons (Fsp3) is 0.143. The highest BCUT2D eigenvalue weighted by atomic mass is 79.9. The van der Waals surface area contributed by atoms with Crippen molar-refractivity contribution in [1.82, 2.24) is 5.32 Å². The molecule has 0 aromatic heterocycles. The molecule has 18 heavy (non-hydrogen) atoms. The van der Waals surface area contributed by atoms with Crippen LogP contribution in [0.15, 0.2) is 55.9 Å². The Morgan fingerprint density at radius 2 is 1.33 bits per heavy atom. The van der Waals surface area contributed by atoms with Crippen molar-refractivity contribution >= 4 is 47.8 Å². The normalized spacial score (nSPS) is 10.6. The molecule has 4 heteroatoms. The summed E-state index contributed by atoms with van der Waals surface area (Å²) in [6, 6.07) is 14.7. The Kier molecular flexibility index (Phi) is 5.42. The van der Waals surface area contributed by atoms with Crippen LogP contribution in [0.1, 0.15) is 11.1 Å². The van der Waals surface area contributed by atoms with Crippen LogP contribution < -0.4 is 5.32 Å². The van der Waals surface area contributed by atoms with E-state index in [0.717, 1.165) is 26.5 Å². The standard InChI is InChI=1S/C14H12Br3N/c15-12-4-1-10(2-5-12)8-18-9-11-3-6-13(16)14(17)7-11/h1-7,18H,8-9H2. The van der Waals surface area contributed by atoms with Crippen molar-refractivity contribution in [2.75, 3.05) is 0 Å². The van der Waals surface area contributed by atoms with Gasteiger partial charge in [-0.3, -0.25) is 0 Å². The van der Waals surface area contributed by atoms with Gasteiger partial charge in [0.15, 0.2) is 0 Å². The van der Waals surface area contributed by atoms with E-state index in [1.807, 2.05) is 0 Å². The monoisotopic (exact) mass is 431 g/mol. The molecule has 0 atom stereocenters. The Morgan fingerprint density at radius 1 is 0.722 bits per heavy atom. The molecule has 2 aromatic rings. The van der Waals surface area contributed by atoms with Gasteiger partial charge in [0.25, 0.3) is 0 Å². The van der Waals surface area contributed by atoms with Crippen LogP contribution >= 0.6 is 47.8 Å². The van der Waals surface area contributed by atoms with Gasteiger partial charge in [-0.25, -0.2) is 0 Å². The topological polar surface area (TPSA) is 12.0 Å². The fourth-order valence-corrected chi connectivity index (χ4v) is 2.54. The number of rotatable bonds is 4. The van der Waals surface area contributed by atoms with Gasteiger partial charge in [0.2, 0.25) is 0 Å². The molecule has 1 nitrogen and oxygen atoms in total. The summed E-state index contributed by atoms with van der Waals surface area (Å²) >= 11 is 10.4. The number of halogens is 3. The quantitative estimate of drug-likeness (QED) is 0.693. The Balaban J connectivity index is 1.88. The summed E-state index contributed by atoms with van der Waals surface area (Å²) in [6.45, 7) is 1.74. The van der Waals surface area contributed by atoms with Crippen molar-refractivity contribution in [2.45, 2.75) is 13.1 Å². The van der Waals surface area contributed by atoms with E-state index >= 15 is 0 Å². The molecule has 0 aliphatic carbocycles. The van der Waals surface area contributed by atoms with Gasteiger partial charge in [0, 0.05) is 26.5 Å². The summed E-state index contributed by atoms with van der Waals surface area (Å²) in [5.41, 5.74) is 2.55. The summed E-state index contributed by atoms with van der Waals surface area (Å²) in [5.74, 6) is 0. The average molecular weight is 434 g/mol. The molecule has 0 spiro atoms. The molecule has 1 N–H and O–H groups in total. The zero-order chi connectivity index (χ0) is 13.0. The Hall–Kier alpha value is -0.160. The van der Waals surface area contributed by atoms with Crippen molar-refractivity contribution < 1.29 is 0 Å². The molecular weight excluding hydrogens is 422 g/mol. The number of hydrogen-bond acceptors (Lipinski definition) is 1. The highest BCUT2D eigenvalue weighted by Crippen LogP contribution is 2.23. The van der Waals surface area contributed by atoms with Gasteiger partial charge in [-0.2, -0.15) is 0 Å². The third-order valence-electron chi connectivity index (χ3n) is 2.56. The lowest BCUT2D eigenvalue weighted by Gasteiger charge is -2.06. The predicted octanol–water partition coefficient (Wildman–Crippen LogP) is 5.26. The smallest absolute Gasteiger partial charge is 0.0320 e. The van der Waals surface area contributed by atoms with Gasteiger partial charge < -0.3 is 5.32 Å². The molecule has 0 saturated heterocycles. The molecule has 0 saturated carbocycles. The molecule has 0 amide bonds. The summed E-state index contributed by atoms with van der Waals surface area (Å²) in [7, 11) is 0. The van der Waals surface area contributed by atoms with E-state index in [1.165, 1.54) is 11.1 Å². The van der Waals surface area contributed by atoms with Gasteiger partial charge in [-0.05, 0) is 67.3 Å². The number of benzene rings is 2. The van der Waals surface area contributed by atoms with E-state index in [4.69, 9.17) is 0 Å². The van der Waals surface area contributed by atoms with Gasteiger partial charge >= 0.3 is 0 Å². The maximum atomic E-state index is 3.51. The van der Waals surface area contributed by atoms with Crippen molar-refractivity contribution in [3.8, 4) is 0 Å². The number of nitrogens with one attached hydrogen (secondary N) is 1. The first-order chi connectivity index (χ1) is 8.65. The first-order valence-electron chi connectivity index (χ1n) is 5.54. The summed E-state index contributed by atoms with van der Waals surface area (Å²) in [5, 5.41) is 3.43. The van der Waals surface area contributed by atoms with E-state index in [2.05, 4.69) is 95.6 Å². The molecule has 0 radical (unpaired) electrons. The van der Waals surface area contributed by atoms with Crippen LogP contribution in [-0.4, -0.2) is 0 Å². The maximum absolute atomic E-state index is 3.51. The first kappa shape index (κ1) is 14.3. The van der Waals surface area contributed by atoms with Gasteiger partial charge in [0.05, 0.1) is 0 Å². The Labute approximate surface area is 132 Å². The van der Waals surface area contributed by atoms with E-state index in [-0.39, 0.29) is 0 Å². The predicted molar refractivity (Wildman–Crippen MR) is 86.5 cm³/mol. The molecule has 0 aliphatic heterocycles. The van der Waals surface area contributed by atoms with E-state index < -0.39 is 0 Å². The Morgan fingerprint density at radius 3 is 2.00 bits per heavy atom. The minimum absolute atomic E-state index is 0.863. The van der Waals surface area contributed by atoms with Gasteiger partial charge in [0.1, 0.15) is 0 Å². The second-order valence-corrected chi connectivity index (χ2v) is 6.60. The minimum Gasteiger partial charge on any atom is -0.309 e. The zero-order valence-electron chi connectivity index (χ0n) is 9.59. The fourth-order valence-electron chi connectivity index (χ4n) is 1.60. The van der Waals surface area contributed by atoms with Crippen LogP contribution in [0.5, 0.6) is 0 Å². The molecule has 0 aliphatic rings. The first-order valence-corrected chi connectivity index (χ1v) is 7.92. The SMILES string of the molecule is Brc1ccc(CNCc2ccc(Br)c(Br)c2)cc1. The summed E-state index contributed by atoms with van der Waals surface area (Å²) < 4.78 is 3.28. The van der Waals surface area contributed by atoms with E-state index in [9.17, 15) is 0 Å². The minimum atomic E-state index is 0.863. The molecule has 2 aromatic carbocycles. The number of hydrogen-bond donors (Lipinski definition) is 1. The van der Waals surface area contributed by atoms with E-state index in [1.54, 1.807) is 0 Å². The Bertz CT molecular complexity index is 523. The summed E-state index contributed by atoms with van der Waals surface area (Å²) in [6.07, 6.45) is 0. The lowest BCUT2D eigenvalue weighted by molar-refractivity contribution is 0.693. The van der Waals surface area contributed by atoms with Crippen LogP contribution in [0.2, 0.25) is 0 Å². The van der Waals surface area contributed by atoms with Crippen molar-refractivity contribution in [1.29, 1.82) is 0 Å². The second-order valence-electron chi connectivity index (χ2n) is 3.98. The van der Waals surface area contributed by atoms with E-state index in [0.29, 0.717) is 0 Å². The molecule has 2 rings (SSSR count). The molecule has 0 fully saturated rings. The molecular formula is C14H12Br3N. The average Bonchev–Trinajstić information content (AvgIpc) is 2.36. The van der Waals surface area contributed by atoms with Crippen molar-refractivity contribution in [3.63, 3.8) is 0 Å². The van der Waals surface area contributed by atoms with Crippen LogP contribution in [0, 0.1) is 0 Å². The molecule has 94 valence electrons. The van der Waals surface area contributed by atoms with Crippen molar-refractivity contribution in [3.05, 3.63) is 67.0 Å². The highest BCUT2D eigenvalue weighted by molar-refractivity contribution is 9.13. The van der Waals surface area contributed by atoms with Gasteiger partial charge in [-0.1, -0.05) is 34.1 Å². The second kappa shape index (κ2) is 6.85. The molecule has 0 heterocycles. The maximum Gasteiger partial charge on any atom is 0.0320 e. The molecule has 0 unspecified atom stereocenters. The summed E-state index contributed by atoms with van der Waals surface area (Å²) in [4.78, 5) is 0. The lowest BCUT2D eigenvalue weighted by atomic mass is 10.2. The van der Waals surface area contributed by atoms with Crippen LogP contribution in [0.25, 0.3) is 0 Å². The third kappa shape index (κ3) is 4.19. The lowest BCUT2D eigenvalue weighted by Crippen LogP contribution is -2.12.